The van der Waals surface area contributed by atoms with E-state index in [0.29, 0.717) is 38.5 Å². The molecule has 2 aromatic carbocycles. The van der Waals surface area contributed by atoms with Crippen LogP contribution in [0, 0.1) is 0 Å². The fourth-order valence-electron chi connectivity index (χ4n) is 5.25. The summed E-state index contributed by atoms with van der Waals surface area (Å²) in [5.74, 6) is 1.05. The molecule has 1 aromatic heterocycles. The number of ether oxygens (including phenoxy) is 2. The molecule has 0 saturated carbocycles. The first-order valence-corrected chi connectivity index (χ1v) is 12.2. The standard InChI is InChI=1S/C27H30N4O3/c32-27(30-11-14-33-15-12-30)26-23-19-29(17-21-6-7-25-22(16-21)9-13-34-25)10-8-24(23)31(28-26)18-20-4-2-1-3-5-20/h1-7,16H,8-15,17-19H2. The SMILES string of the molecule is O=C(c1nn(Cc2ccccc2)c2c1CN(Cc1ccc3c(c1)CCO3)CC2)N1CCOCC1. The van der Waals surface area contributed by atoms with Gasteiger partial charge in [0, 0.05) is 56.8 Å². The van der Waals surface area contributed by atoms with E-state index < -0.39 is 0 Å². The van der Waals surface area contributed by atoms with Crippen molar-refractivity contribution in [2.45, 2.75) is 32.5 Å². The fourth-order valence-corrected chi connectivity index (χ4v) is 5.25. The van der Waals surface area contributed by atoms with Crippen molar-refractivity contribution in [1.82, 2.24) is 19.6 Å². The highest BCUT2D eigenvalue weighted by molar-refractivity contribution is 5.94. The lowest BCUT2D eigenvalue weighted by molar-refractivity contribution is 0.0297. The van der Waals surface area contributed by atoms with Crippen molar-refractivity contribution in [3.05, 3.63) is 82.2 Å². The van der Waals surface area contributed by atoms with E-state index >= 15 is 0 Å². The lowest BCUT2D eigenvalue weighted by Gasteiger charge is -2.29. The maximum Gasteiger partial charge on any atom is 0.274 e. The molecule has 0 radical (unpaired) electrons. The van der Waals surface area contributed by atoms with Gasteiger partial charge in [0.25, 0.3) is 5.91 Å². The van der Waals surface area contributed by atoms with Crippen LogP contribution in [0.15, 0.2) is 48.5 Å². The molecule has 0 bridgehead atoms. The van der Waals surface area contributed by atoms with Gasteiger partial charge < -0.3 is 14.4 Å². The second-order valence-electron chi connectivity index (χ2n) is 9.32. The van der Waals surface area contributed by atoms with Crippen LogP contribution in [0.3, 0.4) is 0 Å². The van der Waals surface area contributed by atoms with Crippen LogP contribution in [0.4, 0.5) is 0 Å². The Morgan fingerprint density at radius 3 is 2.62 bits per heavy atom. The van der Waals surface area contributed by atoms with Gasteiger partial charge in [0.2, 0.25) is 0 Å². The summed E-state index contributed by atoms with van der Waals surface area (Å²) in [6.45, 7) is 6.45. The van der Waals surface area contributed by atoms with Gasteiger partial charge >= 0.3 is 0 Å². The van der Waals surface area contributed by atoms with Crippen molar-refractivity contribution in [3.63, 3.8) is 0 Å². The predicted molar refractivity (Wildman–Crippen MR) is 128 cm³/mol. The summed E-state index contributed by atoms with van der Waals surface area (Å²) >= 11 is 0. The maximum absolute atomic E-state index is 13.5. The van der Waals surface area contributed by atoms with E-state index in [-0.39, 0.29) is 5.91 Å². The maximum atomic E-state index is 13.5. The lowest BCUT2D eigenvalue weighted by Crippen LogP contribution is -2.41. The summed E-state index contributed by atoms with van der Waals surface area (Å²) in [6.07, 6.45) is 1.87. The average Bonchev–Trinajstić information content (AvgIpc) is 3.49. The van der Waals surface area contributed by atoms with Crippen molar-refractivity contribution in [2.24, 2.45) is 0 Å². The molecule has 1 saturated heterocycles. The molecule has 1 amide bonds. The van der Waals surface area contributed by atoms with Crippen LogP contribution in [0.5, 0.6) is 5.75 Å². The molecule has 0 N–H and O–H groups in total. The summed E-state index contributed by atoms with van der Waals surface area (Å²) in [4.78, 5) is 17.8. The topological polar surface area (TPSA) is 59.8 Å². The Kier molecular flexibility index (Phi) is 5.81. The van der Waals surface area contributed by atoms with Crippen LogP contribution >= 0.6 is 0 Å². The monoisotopic (exact) mass is 458 g/mol. The molecule has 3 aliphatic heterocycles. The Hall–Kier alpha value is -3.16. The zero-order chi connectivity index (χ0) is 22.9. The van der Waals surface area contributed by atoms with E-state index in [1.807, 2.05) is 11.0 Å². The van der Waals surface area contributed by atoms with Gasteiger partial charge in [-0.2, -0.15) is 5.10 Å². The molecule has 3 aromatic rings. The molecule has 7 nitrogen and oxygen atoms in total. The second-order valence-corrected chi connectivity index (χ2v) is 9.32. The van der Waals surface area contributed by atoms with Crippen LogP contribution in [-0.4, -0.2) is 64.9 Å². The van der Waals surface area contributed by atoms with E-state index in [4.69, 9.17) is 14.6 Å². The Balaban J connectivity index is 1.28. The van der Waals surface area contributed by atoms with Gasteiger partial charge in [-0.15, -0.1) is 0 Å². The minimum atomic E-state index is 0.0305. The number of amides is 1. The van der Waals surface area contributed by atoms with Gasteiger partial charge in [0.1, 0.15) is 5.75 Å². The highest BCUT2D eigenvalue weighted by atomic mass is 16.5. The van der Waals surface area contributed by atoms with E-state index in [0.717, 1.165) is 50.4 Å². The quantitative estimate of drug-likeness (QED) is 0.589. The second kappa shape index (κ2) is 9.24. The number of carbonyl (C=O) groups excluding carboxylic acids is 1. The number of carbonyl (C=O) groups is 1. The zero-order valence-electron chi connectivity index (χ0n) is 19.4. The highest BCUT2D eigenvalue weighted by Crippen LogP contribution is 2.29. The lowest BCUT2D eigenvalue weighted by atomic mass is 10.0. The van der Waals surface area contributed by atoms with E-state index in [1.165, 1.54) is 22.4 Å². The Morgan fingerprint density at radius 2 is 1.76 bits per heavy atom. The van der Waals surface area contributed by atoms with Gasteiger partial charge in [0.15, 0.2) is 5.69 Å². The van der Waals surface area contributed by atoms with E-state index in [9.17, 15) is 4.79 Å². The number of hydrogen-bond donors (Lipinski definition) is 0. The molecular weight excluding hydrogens is 428 g/mol. The number of rotatable bonds is 5. The number of nitrogens with zero attached hydrogens (tertiary/aromatic N) is 4. The highest BCUT2D eigenvalue weighted by Gasteiger charge is 2.31. The summed E-state index contributed by atoms with van der Waals surface area (Å²) in [7, 11) is 0. The van der Waals surface area contributed by atoms with Crippen LogP contribution in [0.1, 0.15) is 38.4 Å². The molecule has 0 aliphatic carbocycles. The molecule has 6 rings (SSSR count). The van der Waals surface area contributed by atoms with Crippen LogP contribution in [-0.2, 0) is 37.2 Å². The summed E-state index contributed by atoms with van der Waals surface area (Å²) in [5.41, 5.74) is 6.68. The smallest absolute Gasteiger partial charge is 0.274 e. The molecule has 0 unspecified atom stereocenters. The molecule has 0 spiro atoms. The fraction of sp³-hybridized carbons (Fsp3) is 0.407. The summed E-state index contributed by atoms with van der Waals surface area (Å²) < 4.78 is 13.2. The molecule has 3 aliphatic rings. The number of benzene rings is 2. The van der Waals surface area contributed by atoms with Crippen LogP contribution < -0.4 is 4.74 Å². The third-order valence-electron chi connectivity index (χ3n) is 7.05. The zero-order valence-corrected chi connectivity index (χ0v) is 19.4. The van der Waals surface area contributed by atoms with Crippen molar-refractivity contribution in [1.29, 1.82) is 0 Å². The molecule has 0 atom stereocenters. The largest absolute Gasteiger partial charge is 0.493 e. The molecular formula is C27H30N4O3. The third-order valence-corrected chi connectivity index (χ3v) is 7.05. The number of hydrogen-bond acceptors (Lipinski definition) is 5. The first kappa shape index (κ1) is 21.4. The van der Waals surface area contributed by atoms with Gasteiger partial charge in [-0.1, -0.05) is 42.5 Å². The Labute approximate surface area is 199 Å². The van der Waals surface area contributed by atoms with Crippen molar-refractivity contribution >= 4 is 5.91 Å². The van der Waals surface area contributed by atoms with Crippen LogP contribution in [0.25, 0.3) is 0 Å². The molecule has 176 valence electrons. The molecule has 4 heterocycles. The van der Waals surface area contributed by atoms with Crippen molar-refractivity contribution < 1.29 is 14.3 Å². The average molecular weight is 459 g/mol. The first-order chi connectivity index (χ1) is 16.7. The molecule has 7 heteroatoms. The van der Waals surface area contributed by atoms with Gasteiger partial charge in [-0.05, 0) is 22.8 Å². The molecule has 34 heavy (non-hydrogen) atoms. The van der Waals surface area contributed by atoms with Gasteiger partial charge in [0.05, 0.1) is 26.4 Å². The van der Waals surface area contributed by atoms with Crippen molar-refractivity contribution in [3.8, 4) is 5.75 Å². The number of fused-ring (bicyclic) bond motifs is 2. The predicted octanol–water partition coefficient (Wildman–Crippen LogP) is 2.90. The first-order valence-electron chi connectivity index (χ1n) is 12.2. The Bertz CT molecular complexity index is 1180. The van der Waals surface area contributed by atoms with Gasteiger partial charge in [-0.3, -0.25) is 14.4 Å². The van der Waals surface area contributed by atoms with Crippen molar-refractivity contribution in [2.75, 3.05) is 39.5 Å². The summed E-state index contributed by atoms with van der Waals surface area (Å²) in [5, 5.41) is 4.89. The molecule has 1 fully saturated rings. The normalized spacial score (nSPS) is 17.8. The summed E-state index contributed by atoms with van der Waals surface area (Å²) in [6, 6.07) is 16.9. The minimum Gasteiger partial charge on any atom is -0.493 e. The third kappa shape index (κ3) is 4.21. The van der Waals surface area contributed by atoms with E-state index in [1.54, 1.807) is 0 Å². The number of morpholine rings is 1. The number of aromatic nitrogens is 2. The Morgan fingerprint density at radius 1 is 0.912 bits per heavy atom. The van der Waals surface area contributed by atoms with Gasteiger partial charge in [-0.25, -0.2) is 0 Å². The minimum absolute atomic E-state index is 0.0305. The van der Waals surface area contributed by atoms with E-state index in [2.05, 4.69) is 52.0 Å². The van der Waals surface area contributed by atoms with Crippen LogP contribution in [0.2, 0.25) is 0 Å².